The second kappa shape index (κ2) is 6.16. The van der Waals surface area contributed by atoms with Crippen LogP contribution in [0.4, 0.5) is 8.78 Å². The van der Waals surface area contributed by atoms with Crippen LogP contribution in [0.1, 0.15) is 23.0 Å². The molecular formula is C16H12ClF2N3O2. The van der Waals surface area contributed by atoms with Crippen LogP contribution >= 0.6 is 11.6 Å². The quantitative estimate of drug-likeness (QED) is 0.673. The Balaban J connectivity index is 2.28. The summed E-state index contributed by atoms with van der Waals surface area (Å²) in [6.45, 7) is 3.47. The molecule has 0 aliphatic rings. The van der Waals surface area contributed by atoms with Crippen molar-refractivity contribution in [1.29, 1.82) is 0 Å². The predicted octanol–water partition coefficient (Wildman–Crippen LogP) is 3.84. The van der Waals surface area contributed by atoms with Crippen LogP contribution < -0.4 is 0 Å². The Morgan fingerprint density at radius 2 is 2.00 bits per heavy atom. The lowest BCUT2D eigenvalue weighted by atomic mass is 10.2. The maximum Gasteiger partial charge on any atom is 0.341 e. The first-order valence-corrected chi connectivity index (χ1v) is 7.48. The third-order valence-electron chi connectivity index (χ3n) is 3.45. The van der Waals surface area contributed by atoms with E-state index < -0.39 is 17.6 Å². The Morgan fingerprint density at radius 3 is 2.62 bits per heavy atom. The summed E-state index contributed by atoms with van der Waals surface area (Å²) in [4.78, 5) is 16.0. The molecule has 0 spiro atoms. The van der Waals surface area contributed by atoms with Gasteiger partial charge in [0, 0.05) is 6.20 Å². The van der Waals surface area contributed by atoms with Crippen molar-refractivity contribution in [2.45, 2.75) is 13.8 Å². The molecule has 5 nitrogen and oxygen atoms in total. The first-order valence-electron chi connectivity index (χ1n) is 7.11. The third-order valence-corrected chi connectivity index (χ3v) is 3.85. The number of esters is 1. The highest BCUT2D eigenvalue weighted by molar-refractivity contribution is 6.38. The average Bonchev–Trinajstić information content (AvgIpc) is 2.85. The van der Waals surface area contributed by atoms with Crippen LogP contribution in [0.3, 0.4) is 0 Å². The second-order valence-corrected chi connectivity index (χ2v) is 5.35. The van der Waals surface area contributed by atoms with Gasteiger partial charge in [0.25, 0.3) is 0 Å². The highest BCUT2D eigenvalue weighted by atomic mass is 35.5. The van der Waals surface area contributed by atoms with Gasteiger partial charge in [0.2, 0.25) is 0 Å². The molecule has 0 saturated heterocycles. The molecule has 0 fully saturated rings. The highest BCUT2D eigenvalue weighted by Gasteiger charge is 2.23. The fraction of sp³-hybridized carbons (Fsp3) is 0.188. The number of nitrogens with zero attached hydrogens (tertiary/aromatic N) is 3. The van der Waals surface area contributed by atoms with Crippen LogP contribution in [0.25, 0.3) is 16.7 Å². The monoisotopic (exact) mass is 351 g/mol. The van der Waals surface area contributed by atoms with Crippen molar-refractivity contribution in [2.24, 2.45) is 0 Å². The second-order valence-electron chi connectivity index (χ2n) is 4.97. The third kappa shape index (κ3) is 2.50. The Labute approximate surface area is 140 Å². The molecule has 0 amide bonds. The van der Waals surface area contributed by atoms with Gasteiger partial charge in [0.1, 0.15) is 5.69 Å². The zero-order valence-electron chi connectivity index (χ0n) is 12.8. The largest absolute Gasteiger partial charge is 0.462 e. The number of halogens is 3. The lowest BCUT2D eigenvalue weighted by molar-refractivity contribution is 0.0526. The number of pyridine rings is 1. The summed E-state index contributed by atoms with van der Waals surface area (Å²) in [5.74, 6) is -2.19. The number of hydrogen-bond acceptors (Lipinski definition) is 4. The summed E-state index contributed by atoms with van der Waals surface area (Å²) in [7, 11) is 0. The fourth-order valence-electron chi connectivity index (χ4n) is 2.41. The van der Waals surface area contributed by atoms with Crippen LogP contribution in [0.5, 0.6) is 0 Å². The zero-order chi connectivity index (χ0) is 17.4. The molecule has 0 bridgehead atoms. The molecule has 0 radical (unpaired) electrons. The van der Waals surface area contributed by atoms with Gasteiger partial charge >= 0.3 is 5.97 Å². The first-order chi connectivity index (χ1) is 11.5. The van der Waals surface area contributed by atoms with E-state index in [1.54, 1.807) is 13.8 Å². The van der Waals surface area contributed by atoms with Crippen molar-refractivity contribution >= 4 is 28.6 Å². The van der Waals surface area contributed by atoms with E-state index in [9.17, 15) is 13.6 Å². The molecule has 124 valence electrons. The summed E-state index contributed by atoms with van der Waals surface area (Å²) in [5.41, 5.74) is 0.247. The Morgan fingerprint density at radius 1 is 1.33 bits per heavy atom. The molecule has 3 aromatic rings. The summed E-state index contributed by atoms with van der Waals surface area (Å²) in [5, 5.41) is 4.55. The molecular weight excluding hydrogens is 340 g/mol. The van der Waals surface area contributed by atoms with E-state index in [0.29, 0.717) is 11.1 Å². The van der Waals surface area contributed by atoms with Crippen LogP contribution in [0.15, 0.2) is 24.4 Å². The standard InChI is InChI=1S/C16H12ClF2N3O2/c1-3-24-16(23)9-7-20-15-12(13(9)17)8(2)21-22(15)14-10(18)5-4-6-11(14)19/h4-7H,3H2,1-2H3. The lowest BCUT2D eigenvalue weighted by Gasteiger charge is -2.07. The Kier molecular flexibility index (Phi) is 4.19. The van der Waals surface area contributed by atoms with E-state index in [1.165, 1.54) is 12.3 Å². The summed E-state index contributed by atoms with van der Waals surface area (Å²) in [6.07, 6.45) is 1.21. The minimum absolute atomic E-state index is 0.0719. The van der Waals surface area contributed by atoms with Crippen molar-refractivity contribution in [3.63, 3.8) is 0 Å². The minimum Gasteiger partial charge on any atom is -0.462 e. The van der Waals surface area contributed by atoms with E-state index in [4.69, 9.17) is 16.3 Å². The molecule has 1 aromatic carbocycles. The smallest absolute Gasteiger partial charge is 0.341 e. The number of benzene rings is 1. The number of rotatable bonds is 3. The molecule has 0 aliphatic carbocycles. The summed E-state index contributed by atoms with van der Waals surface area (Å²) in [6, 6.07) is 3.50. The van der Waals surface area contributed by atoms with Crippen LogP contribution in [-0.2, 0) is 4.74 Å². The van der Waals surface area contributed by atoms with E-state index in [0.717, 1.165) is 16.8 Å². The van der Waals surface area contributed by atoms with E-state index in [1.807, 2.05) is 0 Å². The number of ether oxygens (including phenoxy) is 1. The normalized spacial score (nSPS) is 11.0. The number of hydrogen-bond donors (Lipinski definition) is 0. The minimum atomic E-state index is -0.785. The Bertz CT molecular complexity index is 936. The topological polar surface area (TPSA) is 57.0 Å². The maximum absolute atomic E-state index is 14.0. The van der Waals surface area contributed by atoms with Crippen molar-refractivity contribution in [1.82, 2.24) is 14.8 Å². The van der Waals surface area contributed by atoms with Crippen molar-refractivity contribution in [3.05, 3.63) is 52.3 Å². The van der Waals surface area contributed by atoms with Gasteiger partial charge in [-0.05, 0) is 26.0 Å². The number of aromatic nitrogens is 3. The number of para-hydroxylation sites is 1. The summed E-state index contributed by atoms with van der Waals surface area (Å²) >= 11 is 6.28. The van der Waals surface area contributed by atoms with Gasteiger partial charge < -0.3 is 4.74 Å². The number of carbonyl (C=O) groups is 1. The average molecular weight is 352 g/mol. The first kappa shape index (κ1) is 16.3. The van der Waals surface area contributed by atoms with Gasteiger partial charge in [-0.25, -0.2) is 23.2 Å². The molecule has 0 saturated carbocycles. The van der Waals surface area contributed by atoms with Crippen LogP contribution in [0, 0.1) is 18.6 Å². The van der Waals surface area contributed by atoms with Gasteiger partial charge in [-0.3, -0.25) is 0 Å². The van der Waals surface area contributed by atoms with Gasteiger partial charge in [0.15, 0.2) is 17.3 Å². The van der Waals surface area contributed by atoms with Crippen molar-refractivity contribution < 1.29 is 18.3 Å². The summed E-state index contributed by atoms with van der Waals surface area (Å²) < 4.78 is 34.0. The molecule has 24 heavy (non-hydrogen) atoms. The van der Waals surface area contributed by atoms with E-state index >= 15 is 0 Å². The van der Waals surface area contributed by atoms with E-state index in [-0.39, 0.29) is 28.5 Å². The molecule has 0 atom stereocenters. The zero-order valence-corrected chi connectivity index (χ0v) is 13.6. The van der Waals surface area contributed by atoms with Crippen LogP contribution in [-0.4, -0.2) is 27.3 Å². The molecule has 0 N–H and O–H groups in total. The molecule has 8 heteroatoms. The Hall–Kier alpha value is -2.54. The molecule has 3 rings (SSSR count). The molecule has 0 aliphatic heterocycles. The van der Waals surface area contributed by atoms with Crippen molar-refractivity contribution in [3.8, 4) is 5.69 Å². The molecule has 0 unspecified atom stereocenters. The van der Waals surface area contributed by atoms with E-state index in [2.05, 4.69) is 10.1 Å². The fourth-order valence-corrected chi connectivity index (χ4v) is 2.75. The van der Waals surface area contributed by atoms with Gasteiger partial charge in [-0.15, -0.1) is 0 Å². The highest BCUT2D eigenvalue weighted by Crippen LogP contribution is 2.31. The number of fused-ring (bicyclic) bond motifs is 1. The van der Waals surface area contributed by atoms with Gasteiger partial charge in [-0.1, -0.05) is 17.7 Å². The number of carbonyl (C=O) groups excluding carboxylic acids is 1. The SMILES string of the molecule is CCOC(=O)c1cnc2c(c(C)nn2-c2c(F)cccc2F)c1Cl. The van der Waals surface area contributed by atoms with Crippen molar-refractivity contribution in [2.75, 3.05) is 6.61 Å². The molecule has 2 aromatic heterocycles. The lowest BCUT2D eigenvalue weighted by Crippen LogP contribution is -2.07. The van der Waals surface area contributed by atoms with Gasteiger partial charge in [-0.2, -0.15) is 5.10 Å². The van der Waals surface area contributed by atoms with Gasteiger partial charge in [0.05, 0.1) is 28.3 Å². The number of aryl methyl sites for hydroxylation is 1. The molecule has 2 heterocycles. The maximum atomic E-state index is 14.0. The van der Waals surface area contributed by atoms with Crippen LogP contribution in [0.2, 0.25) is 5.02 Å². The predicted molar refractivity (Wildman–Crippen MR) is 84.5 cm³/mol.